The molecule has 0 bridgehead atoms. The summed E-state index contributed by atoms with van der Waals surface area (Å²) in [5, 5.41) is 10.1. The Morgan fingerprint density at radius 3 is 2.32 bits per heavy atom. The van der Waals surface area contributed by atoms with Gasteiger partial charge in [0.1, 0.15) is 16.4 Å². The molecule has 0 aromatic carbocycles. The molecule has 240 valence electrons. The SMILES string of the molecule is CN(C)Cc1ccnc(O[C@H]2CC[C@H](N(c3cc(C#CC(C)(C)C(F)(F)F)sc3C(=O)O)C(=O)[C@H]3CC[C@H](C)CC3)CC2)c1. The summed E-state index contributed by atoms with van der Waals surface area (Å²) in [5.41, 5.74) is -0.959. The van der Waals surface area contributed by atoms with E-state index in [1.54, 1.807) is 11.1 Å². The van der Waals surface area contributed by atoms with E-state index in [2.05, 4.69) is 28.6 Å². The molecule has 11 heteroatoms. The van der Waals surface area contributed by atoms with Crippen LogP contribution < -0.4 is 9.64 Å². The maximum absolute atomic E-state index is 14.1. The minimum absolute atomic E-state index is 0.0862. The highest BCUT2D eigenvalue weighted by atomic mass is 32.1. The fraction of sp³-hybridized carbons (Fsp3) is 0.606. The van der Waals surface area contributed by atoms with Crippen molar-refractivity contribution in [3.05, 3.63) is 39.7 Å². The van der Waals surface area contributed by atoms with Crippen molar-refractivity contribution < 1.29 is 32.6 Å². The summed E-state index contributed by atoms with van der Waals surface area (Å²) >= 11 is 0.813. The number of carboxylic acid groups (broad SMARTS) is 1. The number of hydrogen-bond acceptors (Lipinski definition) is 6. The number of alkyl halides is 3. The molecule has 0 unspecified atom stereocenters. The number of carboxylic acids is 1. The summed E-state index contributed by atoms with van der Waals surface area (Å²) in [6, 6.07) is 5.09. The van der Waals surface area contributed by atoms with E-state index in [0.717, 1.165) is 63.0 Å². The highest BCUT2D eigenvalue weighted by Gasteiger charge is 2.46. The van der Waals surface area contributed by atoms with Crippen molar-refractivity contribution in [1.29, 1.82) is 0 Å². The molecule has 2 aliphatic rings. The number of halogens is 3. The summed E-state index contributed by atoms with van der Waals surface area (Å²) in [5.74, 6) is 4.32. The third-order valence-corrected chi connectivity index (χ3v) is 9.60. The van der Waals surface area contributed by atoms with Crippen molar-refractivity contribution in [1.82, 2.24) is 9.88 Å². The molecule has 1 amide bonds. The van der Waals surface area contributed by atoms with E-state index < -0.39 is 17.6 Å². The number of amides is 1. The number of rotatable bonds is 8. The van der Waals surface area contributed by atoms with Crippen LogP contribution in [0.4, 0.5) is 18.9 Å². The third-order valence-electron chi connectivity index (χ3n) is 8.57. The van der Waals surface area contributed by atoms with Gasteiger partial charge in [0.2, 0.25) is 11.8 Å². The van der Waals surface area contributed by atoms with Gasteiger partial charge in [-0.25, -0.2) is 9.78 Å². The zero-order chi connectivity index (χ0) is 32.2. The van der Waals surface area contributed by atoms with Gasteiger partial charge in [-0.1, -0.05) is 18.8 Å². The van der Waals surface area contributed by atoms with Crippen LogP contribution in [0.3, 0.4) is 0 Å². The van der Waals surface area contributed by atoms with E-state index in [9.17, 15) is 27.9 Å². The van der Waals surface area contributed by atoms with E-state index in [-0.39, 0.29) is 39.4 Å². The van der Waals surface area contributed by atoms with Crippen LogP contribution in [0.25, 0.3) is 0 Å². The van der Waals surface area contributed by atoms with Gasteiger partial charge in [-0.3, -0.25) is 4.79 Å². The lowest BCUT2D eigenvalue weighted by molar-refractivity contribution is -0.190. The van der Waals surface area contributed by atoms with E-state index in [1.807, 2.05) is 26.2 Å². The zero-order valence-corrected chi connectivity index (χ0v) is 26.9. The van der Waals surface area contributed by atoms with Crippen LogP contribution in [-0.4, -0.2) is 59.3 Å². The Bertz CT molecular complexity index is 1380. The minimum atomic E-state index is -4.54. The van der Waals surface area contributed by atoms with Gasteiger partial charge in [0, 0.05) is 30.8 Å². The van der Waals surface area contributed by atoms with Crippen LogP contribution >= 0.6 is 11.3 Å². The smallest absolute Gasteiger partial charge is 0.404 e. The summed E-state index contributed by atoms with van der Waals surface area (Å²) < 4.78 is 46.5. The van der Waals surface area contributed by atoms with Crippen LogP contribution in [-0.2, 0) is 11.3 Å². The van der Waals surface area contributed by atoms with Crippen molar-refractivity contribution in [2.24, 2.45) is 17.3 Å². The maximum Gasteiger partial charge on any atom is 0.404 e. The molecule has 2 heterocycles. The number of anilines is 1. The zero-order valence-electron chi connectivity index (χ0n) is 26.0. The van der Waals surface area contributed by atoms with Crippen molar-refractivity contribution in [2.45, 2.75) is 97.0 Å². The lowest BCUT2D eigenvalue weighted by Crippen LogP contribution is -2.47. The van der Waals surface area contributed by atoms with Crippen LogP contribution in [0.2, 0.25) is 0 Å². The van der Waals surface area contributed by atoms with Gasteiger partial charge in [-0.05, 0) is 103 Å². The first-order valence-electron chi connectivity index (χ1n) is 15.2. The quantitative estimate of drug-likeness (QED) is 0.305. The lowest BCUT2D eigenvalue weighted by atomic mass is 9.81. The number of ether oxygens (including phenoxy) is 1. The first kappa shape index (κ1) is 33.8. The van der Waals surface area contributed by atoms with Gasteiger partial charge in [0.15, 0.2) is 0 Å². The summed E-state index contributed by atoms with van der Waals surface area (Å²) in [6.07, 6.45) is 2.85. The standard InChI is InChI=1S/C33H42F3N3O4S/c1-21-6-8-23(9-7-21)30(40)39(27-19-26(44-29(27)31(41)42)14-16-32(2,3)33(34,35)36)24-10-12-25(13-11-24)43-28-18-22(15-17-37-28)20-38(4)5/h15,17-19,21,23-25H,6-13,20H2,1-5H3,(H,41,42)/t21-,23-,24-,25-. The second kappa shape index (κ2) is 13.9. The van der Waals surface area contributed by atoms with Crippen LogP contribution in [0.1, 0.15) is 92.3 Å². The van der Waals surface area contributed by atoms with Crippen LogP contribution in [0.5, 0.6) is 5.88 Å². The van der Waals surface area contributed by atoms with Gasteiger partial charge < -0.3 is 19.6 Å². The largest absolute Gasteiger partial charge is 0.477 e. The van der Waals surface area contributed by atoms with Crippen molar-refractivity contribution in [3.63, 3.8) is 0 Å². The molecular formula is C33H42F3N3O4S. The molecular weight excluding hydrogens is 591 g/mol. The number of hydrogen-bond donors (Lipinski definition) is 1. The minimum Gasteiger partial charge on any atom is -0.477 e. The number of thiophene rings is 1. The first-order chi connectivity index (χ1) is 20.6. The molecule has 0 radical (unpaired) electrons. The van der Waals surface area contributed by atoms with Gasteiger partial charge in [0.05, 0.1) is 10.6 Å². The van der Waals surface area contributed by atoms with Gasteiger partial charge in [0.25, 0.3) is 0 Å². The molecule has 0 aliphatic heterocycles. The Labute approximate surface area is 261 Å². The van der Waals surface area contributed by atoms with E-state index >= 15 is 0 Å². The predicted octanol–water partition coefficient (Wildman–Crippen LogP) is 7.39. The molecule has 2 aliphatic carbocycles. The fourth-order valence-corrected chi connectivity index (χ4v) is 6.68. The van der Waals surface area contributed by atoms with Crippen molar-refractivity contribution in [3.8, 4) is 17.7 Å². The first-order valence-corrected chi connectivity index (χ1v) is 16.0. The normalized spacial score (nSPS) is 22.7. The summed E-state index contributed by atoms with van der Waals surface area (Å²) in [7, 11) is 3.98. The van der Waals surface area contributed by atoms with Crippen molar-refractivity contribution in [2.75, 3.05) is 19.0 Å². The molecule has 2 fully saturated rings. The third kappa shape index (κ3) is 8.33. The summed E-state index contributed by atoms with van der Waals surface area (Å²) in [4.78, 5) is 34.7. The molecule has 2 aromatic rings. The molecule has 0 saturated heterocycles. The second-order valence-electron chi connectivity index (χ2n) is 13.0. The Balaban J connectivity index is 1.60. The number of nitrogens with zero attached hydrogens (tertiary/aromatic N) is 3. The number of carbonyl (C=O) groups is 2. The van der Waals surface area contributed by atoms with Gasteiger partial charge in [-0.2, -0.15) is 13.2 Å². The molecule has 7 nitrogen and oxygen atoms in total. The number of aromatic carboxylic acids is 1. The summed E-state index contributed by atoms with van der Waals surface area (Å²) in [6.45, 7) is 4.90. The van der Waals surface area contributed by atoms with Crippen molar-refractivity contribution >= 4 is 28.9 Å². The topological polar surface area (TPSA) is 83.0 Å². The number of aromatic nitrogens is 1. The Kier molecular flexibility index (Phi) is 10.7. The van der Waals surface area contributed by atoms with Gasteiger partial charge in [-0.15, -0.1) is 11.3 Å². The Morgan fingerprint density at radius 1 is 1.07 bits per heavy atom. The predicted molar refractivity (Wildman–Crippen MR) is 165 cm³/mol. The average molecular weight is 634 g/mol. The monoisotopic (exact) mass is 633 g/mol. The molecule has 2 aromatic heterocycles. The molecule has 4 rings (SSSR count). The van der Waals surface area contributed by atoms with Crippen LogP contribution in [0, 0.1) is 29.1 Å². The molecule has 44 heavy (non-hydrogen) atoms. The van der Waals surface area contributed by atoms with Gasteiger partial charge >= 0.3 is 12.1 Å². The fourth-order valence-electron chi connectivity index (χ4n) is 5.83. The Hall–Kier alpha value is -3.10. The van der Waals surface area contributed by atoms with E-state index in [1.165, 1.54) is 6.07 Å². The Morgan fingerprint density at radius 2 is 1.73 bits per heavy atom. The lowest BCUT2D eigenvalue weighted by Gasteiger charge is -2.39. The highest BCUT2D eigenvalue weighted by Crippen LogP contribution is 2.40. The maximum atomic E-state index is 14.1. The molecule has 1 N–H and O–H groups in total. The van der Waals surface area contributed by atoms with E-state index in [4.69, 9.17) is 4.74 Å². The molecule has 0 atom stereocenters. The second-order valence-corrected chi connectivity index (χ2v) is 14.0. The molecule has 2 saturated carbocycles. The average Bonchev–Trinajstić information content (AvgIpc) is 3.37. The van der Waals surface area contributed by atoms with E-state index in [0.29, 0.717) is 37.5 Å². The number of pyridine rings is 1. The number of carbonyl (C=O) groups excluding carboxylic acids is 1. The van der Waals surface area contributed by atoms with Crippen LogP contribution in [0.15, 0.2) is 24.4 Å². The molecule has 0 spiro atoms. The highest BCUT2D eigenvalue weighted by molar-refractivity contribution is 7.15.